The number of ether oxygens (including phenoxy) is 2. The summed E-state index contributed by atoms with van der Waals surface area (Å²) in [4.78, 5) is 27.3. The number of anilines is 1. The molecule has 28 heavy (non-hydrogen) atoms. The van der Waals surface area contributed by atoms with E-state index in [1.165, 1.54) is 7.11 Å². The molecule has 2 amide bonds. The van der Waals surface area contributed by atoms with Crippen LogP contribution in [-0.4, -0.2) is 44.0 Å². The van der Waals surface area contributed by atoms with Gasteiger partial charge in [0.25, 0.3) is 5.91 Å². The van der Waals surface area contributed by atoms with Crippen LogP contribution < -0.4 is 14.8 Å². The molecule has 6 nitrogen and oxygen atoms in total. The van der Waals surface area contributed by atoms with E-state index in [1.807, 2.05) is 0 Å². The first-order valence-corrected chi connectivity index (χ1v) is 9.47. The third-order valence-corrected chi connectivity index (χ3v) is 5.05. The molecule has 1 saturated heterocycles. The van der Waals surface area contributed by atoms with Crippen molar-refractivity contribution >= 4 is 29.1 Å². The highest BCUT2D eigenvalue weighted by Gasteiger charge is 2.29. The van der Waals surface area contributed by atoms with Gasteiger partial charge in [0.15, 0.2) is 0 Å². The third kappa shape index (κ3) is 4.57. The minimum atomic E-state index is -0.288. The van der Waals surface area contributed by atoms with Gasteiger partial charge in [-0.2, -0.15) is 0 Å². The van der Waals surface area contributed by atoms with Crippen molar-refractivity contribution in [1.29, 1.82) is 0 Å². The minimum absolute atomic E-state index is 0.109. The minimum Gasteiger partial charge on any atom is -0.497 e. The van der Waals surface area contributed by atoms with Gasteiger partial charge in [-0.25, -0.2) is 0 Å². The van der Waals surface area contributed by atoms with E-state index in [-0.39, 0.29) is 17.7 Å². The molecule has 3 rings (SSSR count). The highest BCUT2D eigenvalue weighted by molar-refractivity contribution is 6.30. The fourth-order valence-electron chi connectivity index (χ4n) is 3.32. The van der Waals surface area contributed by atoms with Crippen LogP contribution in [0, 0.1) is 5.92 Å². The molecule has 1 aliphatic heterocycles. The third-order valence-electron chi connectivity index (χ3n) is 4.82. The van der Waals surface area contributed by atoms with Crippen LogP contribution in [0.25, 0.3) is 0 Å². The fourth-order valence-corrected chi connectivity index (χ4v) is 3.51. The summed E-state index contributed by atoms with van der Waals surface area (Å²) in [5, 5.41) is 3.43. The molecule has 0 aliphatic carbocycles. The standard InChI is InChI=1S/C21H23ClN2O4/c1-27-17-8-9-18(19(12-17)28-2)23-20(25)15-6-4-10-24(13-15)21(26)14-5-3-7-16(22)11-14/h3,5,7-9,11-12,15H,4,6,10,13H2,1-2H3,(H,23,25)/t15-/m1/s1. The second kappa shape index (κ2) is 8.97. The monoisotopic (exact) mass is 402 g/mol. The zero-order valence-corrected chi connectivity index (χ0v) is 16.7. The Balaban J connectivity index is 1.68. The lowest BCUT2D eigenvalue weighted by atomic mass is 9.96. The second-order valence-electron chi connectivity index (χ2n) is 6.66. The predicted molar refractivity (Wildman–Crippen MR) is 108 cm³/mol. The Morgan fingerprint density at radius 2 is 1.96 bits per heavy atom. The molecule has 1 atom stereocenters. The quantitative estimate of drug-likeness (QED) is 0.824. The van der Waals surface area contributed by atoms with Gasteiger partial charge in [-0.05, 0) is 43.2 Å². The number of methoxy groups -OCH3 is 2. The molecule has 1 aliphatic rings. The van der Waals surface area contributed by atoms with Crippen molar-refractivity contribution in [2.24, 2.45) is 5.92 Å². The zero-order chi connectivity index (χ0) is 20.1. The number of halogens is 1. The lowest BCUT2D eigenvalue weighted by molar-refractivity contribution is -0.121. The van der Waals surface area contributed by atoms with Crippen LogP contribution in [0.2, 0.25) is 5.02 Å². The molecule has 2 aromatic rings. The van der Waals surface area contributed by atoms with Crippen LogP contribution in [0.3, 0.4) is 0 Å². The lowest BCUT2D eigenvalue weighted by Gasteiger charge is -2.32. The van der Waals surface area contributed by atoms with Gasteiger partial charge in [0, 0.05) is 29.7 Å². The number of amides is 2. The number of hydrogen-bond donors (Lipinski definition) is 1. The van der Waals surface area contributed by atoms with Crippen molar-refractivity contribution in [3.05, 3.63) is 53.1 Å². The Kier molecular flexibility index (Phi) is 6.41. The van der Waals surface area contributed by atoms with Crippen molar-refractivity contribution < 1.29 is 19.1 Å². The Morgan fingerprint density at radius 1 is 1.14 bits per heavy atom. The number of nitrogens with one attached hydrogen (secondary N) is 1. The molecular formula is C21H23ClN2O4. The molecule has 0 radical (unpaired) electrons. The SMILES string of the molecule is COc1ccc(NC(=O)[C@@H]2CCCN(C(=O)c3cccc(Cl)c3)C2)c(OC)c1. The van der Waals surface area contributed by atoms with Crippen LogP contribution in [0.5, 0.6) is 11.5 Å². The first kappa shape index (κ1) is 20.0. The maximum absolute atomic E-state index is 12.8. The van der Waals surface area contributed by atoms with Gasteiger partial charge in [0.05, 0.1) is 25.8 Å². The highest BCUT2D eigenvalue weighted by atomic mass is 35.5. The number of benzene rings is 2. The van der Waals surface area contributed by atoms with Gasteiger partial charge >= 0.3 is 0 Å². The van der Waals surface area contributed by atoms with E-state index in [0.29, 0.717) is 40.9 Å². The summed E-state index contributed by atoms with van der Waals surface area (Å²) in [5.41, 5.74) is 1.11. The van der Waals surface area contributed by atoms with Gasteiger partial charge in [0.2, 0.25) is 5.91 Å². The number of likely N-dealkylation sites (tertiary alicyclic amines) is 1. The van der Waals surface area contributed by atoms with Crippen molar-refractivity contribution in [1.82, 2.24) is 4.90 Å². The van der Waals surface area contributed by atoms with Crippen LogP contribution >= 0.6 is 11.6 Å². The number of rotatable bonds is 5. The van der Waals surface area contributed by atoms with Crippen LogP contribution in [0.4, 0.5) is 5.69 Å². The molecule has 7 heteroatoms. The molecule has 0 aromatic heterocycles. The number of carbonyl (C=O) groups is 2. The number of carbonyl (C=O) groups excluding carboxylic acids is 2. The van der Waals surface area contributed by atoms with Crippen molar-refractivity contribution in [2.45, 2.75) is 12.8 Å². The van der Waals surface area contributed by atoms with Crippen molar-refractivity contribution in [2.75, 3.05) is 32.6 Å². The Morgan fingerprint density at radius 3 is 2.68 bits per heavy atom. The van der Waals surface area contributed by atoms with E-state index < -0.39 is 0 Å². The average molecular weight is 403 g/mol. The molecule has 0 saturated carbocycles. The molecular weight excluding hydrogens is 380 g/mol. The number of nitrogens with zero attached hydrogens (tertiary/aromatic N) is 1. The van der Waals surface area contributed by atoms with Crippen molar-refractivity contribution in [3.8, 4) is 11.5 Å². The number of piperidine rings is 1. The fraction of sp³-hybridized carbons (Fsp3) is 0.333. The van der Waals surface area contributed by atoms with Crippen molar-refractivity contribution in [3.63, 3.8) is 0 Å². The molecule has 2 aromatic carbocycles. The molecule has 1 heterocycles. The first-order valence-electron chi connectivity index (χ1n) is 9.09. The van der Waals surface area contributed by atoms with E-state index in [1.54, 1.807) is 54.5 Å². The smallest absolute Gasteiger partial charge is 0.253 e. The molecule has 1 fully saturated rings. The first-order chi connectivity index (χ1) is 13.5. The van der Waals surface area contributed by atoms with E-state index in [4.69, 9.17) is 21.1 Å². The Hall–Kier alpha value is -2.73. The summed E-state index contributed by atoms with van der Waals surface area (Å²) >= 11 is 5.99. The van der Waals surface area contributed by atoms with Crippen LogP contribution in [0.1, 0.15) is 23.2 Å². The molecule has 148 valence electrons. The summed E-state index contributed by atoms with van der Waals surface area (Å²) in [5.74, 6) is 0.638. The average Bonchev–Trinajstić information content (AvgIpc) is 2.73. The molecule has 0 bridgehead atoms. The molecule has 0 spiro atoms. The van der Waals surface area contributed by atoms with Crippen LogP contribution in [-0.2, 0) is 4.79 Å². The van der Waals surface area contributed by atoms with E-state index in [9.17, 15) is 9.59 Å². The van der Waals surface area contributed by atoms with Gasteiger partial charge in [-0.3, -0.25) is 9.59 Å². The maximum atomic E-state index is 12.8. The topological polar surface area (TPSA) is 67.9 Å². The summed E-state index contributed by atoms with van der Waals surface area (Å²) in [6, 6.07) is 12.1. The Labute approximate surface area is 169 Å². The second-order valence-corrected chi connectivity index (χ2v) is 7.09. The highest BCUT2D eigenvalue weighted by Crippen LogP contribution is 2.30. The number of hydrogen-bond acceptors (Lipinski definition) is 4. The van der Waals surface area contributed by atoms with E-state index >= 15 is 0 Å². The summed E-state index contributed by atoms with van der Waals surface area (Å²) in [6.45, 7) is 0.997. The zero-order valence-electron chi connectivity index (χ0n) is 15.9. The van der Waals surface area contributed by atoms with E-state index in [0.717, 1.165) is 12.8 Å². The van der Waals surface area contributed by atoms with Gasteiger partial charge in [-0.15, -0.1) is 0 Å². The molecule has 0 unspecified atom stereocenters. The molecule has 1 N–H and O–H groups in total. The summed E-state index contributed by atoms with van der Waals surface area (Å²) < 4.78 is 10.5. The van der Waals surface area contributed by atoms with E-state index in [2.05, 4.69) is 5.32 Å². The normalized spacial score (nSPS) is 16.4. The lowest BCUT2D eigenvalue weighted by Crippen LogP contribution is -2.43. The maximum Gasteiger partial charge on any atom is 0.253 e. The van der Waals surface area contributed by atoms with Gasteiger partial charge in [0.1, 0.15) is 11.5 Å². The van der Waals surface area contributed by atoms with Gasteiger partial charge < -0.3 is 19.7 Å². The van der Waals surface area contributed by atoms with Gasteiger partial charge in [-0.1, -0.05) is 17.7 Å². The largest absolute Gasteiger partial charge is 0.497 e. The van der Waals surface area contributed by atoms with Crippen LogP contribution in [0.15, 0.2) is 42.5 Å². The predicted octanol–water partition coefficient (Wildman–Crippen LogP) is 3.85. The Bertz CT molecular complexity index is 871. The summed E-state index contributed by atoms with van der Waals surface area (Å²) in [6.07, 6.45) is 1.49. The summed E-state index contributed by atoms with van der Waals surface area (Å²) in [7, 11) is 3.11.